The minimum Gasteiger partial charge on any atom is -0.250 e. The van der Waals surface area contributed by atoms with Crippen LogP contribution in [0.3, 0.4) is 0 Å². The fraction of sp³-hybridized carbons (Fsp3) is 0.231. The Morgan fingerprint density at radius 1 is 1.29 bits per heavy atom. The molecule has 0 saturated heterocycles. The van der Waals surface area contributed by atoms with Crippen LogP contribution in [-0.2, 0) is 6.54 Å². The Labute approximate surface area is 99.5 Å². The fourth-order valence-electron chi connectivity index (χ4n) is 1.59. The molecule has 0 spiro atoms. The summed E-state index contributed by atoms with van der Waals surface area (Å²) in [5.41, 5.74) is 0.689. The molecule has 0 radical (unpaired) electrons. The minimum atomic E-state index is -0.131. The molecule has 0 fully saturated rings. The summed E-state index contributed by atoms with van der Waals surface area (Å²) in [7, 11) is 0. The van der Waals surface area contributed by atoms with E-state index < -0.39 is 0 Å². The summed E-state index contributed by atoms with van der Waals surface area (Å²) in [6.07, 6.45) is 8.12. The molecule has 0 aliphatic carbocycles. The van der Waals surface area contributed by atoms with E-state index in [0.29, 0.717) is 13.0 Å². The molecule has 0 atom stereocenters. The lowest BCUT2D eigenvalue weighted by molar-refractivity contribution is 0.564. The predicted molar refractivity (Wildman–Crippen MR) is 65.9 cm³/mol. The topological polar surface area (TPSA) is 39.8 Å². The number of aryl methyl sites for hydroxylation is 1. The van der Waals surface area contributed by atoms with Crippen molar-refractivity contribution < 1.29 is 0 Å². The summed E-state index contributed by atoms with van der Waals surface area (Å²) in [4.78, 5) is 12.0. The van der Waals surface area contributed by atoms with Gasteiger partial charge in [0, 0.05) is 13.0 Å². The van der Waals surface area contributed by atoms with Crippen molar-refractivity contribution in [1.29, 1.82) is 0 Å². The smallest absolute Gasteiger partial charge is 0.250 e. The van der Waals surface area contributed by atoms with Crippen molar-refractivity contribution in [2.24, 2.45) is 0 Å². The Kier molecular flexibility index (Phi) is 3.41. The Morgan fingerprint density at radius 3 is 2.76 bits per heavy atom. The van der Waals surface area contributed by atoms with Gasteiger partial charge < -0.3 is 0 Å². The van der Waals surface area contributed by atoms with Crippen molar-refractivity contribution in [3.63, 3.8) is 0 Å². The number of benzene rings is 1. The van der Waals surface area contributed by atoms with Gasteiger partial charge in [-0.3, -0.25) is 0 Å². The Bertz CT molecular complexity index is 575. The van der Waals surface area contributed by atoms with Gasteiger partial charge in [-0.15, -0.1) is 12.3 Å². The zero-order valence-electron chi connectivity index (χ0n) is 9.41. The van der Waals surface area contributed by atoms with Crippen molar-refractivity contribution in [3.05, 3.63) is 47.1 Å². The van der Waals surface area contributed by atoms with Gasteiger partial charge in [0.2, 0.25) is 0 Å². The molecular formula is C13H13N3O. The minimum absolute atomic E-state index is 0.131. The number of unbranched alkanes of at least 4 members (excludes halogenated alkanes) is 1. The number of terminal acetylenes is 1. The van der Waals surface area contributed by atoms with Crippen LogP contribution in [0.25, 0.3) is 5.69 Å². The van der Waals surface area contributed by atoms with E-state index in [1.807, 2.05) is 30.3 Å². The average molecular weight is 227 g/mol. The number of para-hydroxylation sites is 1. The van der Waals surface area contributed by atoms with E-state index in [1.165, 1.54) is 15.6 Å². The molecule has 2 rings (SSSR count). The highest BCUT2D eigenvalue weighted by Crippen LogP contribution is 2.02. The van der Waals surface area contributed by atoms with E-state index in [1.54, 1.807) is 0 Å². The molecule has 1 heterocycles. The van der Waals surface area contributed by atoms with Crippen LogP contribution in [0.4, 0.5) is 0 Å². The lowest BCUT2D eigenvalue weighted by Gasteiger charge is -1.99. The second-order valence-corrected chi connectivity index (χ2v) is 3.65. The Hall–Kier alpha value is -2.28. The molecule has 4 heteroatoms. The summed E-state index contributed by atoms with van der Waals surface area (Å²) < 4.78 is 2.96. The van der Waals surface area contributed by atoms with Crippen LogP contribution in [0.15, 0.2) is 41.5 Å². The SMILES string of the molecule is C#CCCCn1ncn(-c2ccccc2)c1=O. The van der Waals surface area contributed by atoms with Crippen LogP contribution in [0.2, 0.25) is 0 Å². The molecule has 0 bridgehead atoms. The number of aromatic nitrogens is 3. The fourth-order valence-corrected chi connectivity index (χ4v) is 1.59. The molecule has 1 aromatic heterocycles. The van der Waals surface area contributed by atoms with Gasteiger partial charge in [-0.25, -0.2) is 14.0 Å². The van der Waals surface area contributed by atoms with Crippen molar-refractivity contribution in [1.82, 2.24) is 14.3 Å². The average Bonchev–Trinajstić information content (AvgIpc) is 2.73. The van der Waals surface area contributed by atoms with Gasteiger partial charge in [-0.1, -0.05) is 18.2 Å². The maximum atomic E-state index is 12.0. The summed E-state index contributed by atoms with van der Waals surface area (Å²) in [5.74, 6) is 2.55. The number of nitrogens with zero attached hydrogens (tertiary/aromatic N) is 3. The van der Waals surface area contributed by atoms with Crippen molar-refractivity contribution in [2.45, 2.75) is 19.4 Å². The molecule has 0 amide bonds. The van der Waals surface area contributed by atoms with Gasteiger partial charge in [0.1, 0.15) is 6.33 Å². The third-order valence-corrected chi connectivity index (χ3v) is 2.46. The van der Waals surface area contributed by atoms with Gasteiger partial charge in [0.15, 0.2) is 0 Å². The van der Waals surface area contributed by atoms with Crippen molar-refractivity contribution in [2.75, 3.05) is 0 Å². The number of hydrogen-bond donors (Lipinski definition) is 0. The monoisotopic (exact) mass is 227 g/mol. The number of hydrogen-bond acceptors (Lipinski definition) is 2. The molecule has 0 aliphatic rings. The van der Waals surface area contributed by atoms with Crippen LogP contribution in [0.5, 0.6) is 0 Å². The van der Waals surface area contributed by atoms with Crippen LogP contribution < -0.4 is 5.69 Å². The van der Waals surface area contributed by atoms with Crippen molar-refractivity contribution >= 4 is 0 Å². The second kappa shape index (κ2) is 5.17. The zero-order chi connectivity index (χ0) is 12.1. The third-order valence-electron chi connectivity index (χ3n) is 2.46. The first-order valence-corrected chi connectivity index (χ1v) is 5.46. The largest absolute Gasteiger partial charge is 0.350 e. The normalized spacial score (nSPS) is 10.1. The Morgan fingerprint density at radius 2 is 2.06 bits per heavy atom. The molecule has 17 heavy (non-hydrogen) atoms. The highest BCUT2D eigenvalue weighted by Gasteiger charge is 2.05. The lowest BCUT2D eigenvalue weighted by Crippen LogP contribution is -2.23. The number of rotatable bonds is 4. The quantitative estimate of drug-likeness (QED) is 0.586. The van der Waals surface area contributed by atoms with Crippen LogP contribution >= 0.6 is 0 Å². The first-order valence-electron chi connectivity index (χ1n) is 5.46. The molecule has 0 aliphatic heterocycles. The first-order chi connectivity index (χ1) is 8.33. The van der Waals surface area contributed by atoms with Gasteiger partial charge in [0.25, 0.3) is 0 Å². The van der Waals surface area contributed by atoms with Gasteiger partial charge in [-0.2, -0.15) is 5.10 Å². The third kappa shape index (κ3) is 2.45. The molecule has 86 valence electrons. The first kappa shape index (κ1) is 11.2. The van der Waals surface area contributed by atoms with Gasteiger partial charge in [-0.05, 0) is 18.6 Å². The lowest BCUT2D eigenvalue weighted by atomic mass is 10.3. The van der Waals surface area contributed by atoms with Crippen LogP contribution in [-0.4, -0.2) is 14.3 Å². The van der Waals surface area contributed by atoms with E-state index in [2.05, 4.69) is 11.0 Å². The summed E-state index contributed by atoms with van der Waals surface area (Å²) >= 11 is 0. The van der Waals surface area contributed by atoms with E-state index in [9.17, 15) is 4.79 Å². The second-order valence-electron chi connectivity index (χ2n) is 3.65. The summed E-state index contributed by atoms with van der Waals surface area (Å²) in [5, 5.41) is 4.06. The molecule has 0 saturated carbocycles. The van der Waals surface area contributed by atoms with E-state index in [0.717, 1.165) is 12.1 Å². The summed E-state index contributed by atoms with van der Waals surface area (Å²) in [6, 6.07) is 9.42. The van der Waals surface area contributed by atoms with E-state index in [4.69, 9.17) is 6.42 Å². The van der Waals surface area contributed by atoms with Gasteiger partial charge >= 0.3 is 5.69 Å². The molecule has 1 aromatic carbocycles. The molecule has 0 unspecified atom stereocenters. The maximum absolute atomic E-state index is 12.0. The predicted octanol–water partition coefficient (Wildman–Crippen LogP) is 1.45. The standard InChI is InChI=1S/C13H13N3O/c1-2-3-7-10-16-13(17)15(11-14-16)12-8-5-4-6-9-12/h1,4-6,8-9,11H,3,7,10H2. The van der Waals surface area contributed by atoms with Gasteiger partial charge in [0.05, 0.1) is 5.69 Å². The van der Waals surface area contributed by atoms with E-state index in [-0.39, 0.29) is 5.69 Å². The molecule has 2 aromatic rings. The maximum Gasteiger partial charge on any atom is 0.350 e. The Balaban J connectivity index is 2.22. The highest BCUT2D eigenvalue weighted by atomic mass is 16.2. The summed E-state index contributed by atoms with van der Waals surface area (Å²) in [6.45, 7) is 0.558. The van der Waals surface area contributed by atoms with Crippen molar-refractivity contribution in [3.8, 4) is 18.0 Å². The molecule has 0 N–H and O–H groups in total. The molecule has 4 nitrogen and oxygen atoms in total. The highest BCUT2D eigenvalue weighted by molar-refractivity contribution is 5.30. The molecular weight excluding hydrogens is 214 g/mol. The van der Waals surface area contributed by atoms with E-state index >= 15 is 0 Å². The zero-order valence-corrected chi connectivity index (χ0v) is 9.41. The van der Waals surface area contributed by atoms with Crippen LogP contribution in [0.1, 0.15) is 12.8 Å². The van der Waals surface area contributed by atoms with Crippen LogP contribution in [0, 0.1) is 12.3 Å².